The number of aliphatic hydroxyl groups is 1. The van der Waals surface area contributed by atoms with Crippen molar-refractivity contribution in [1.29, 1.82) is 0 Å². The smallest absolute Gasteiger partial charge is 0.227 e. The summed E-state index contributed by atoms with van der Waals surface area (Å²) in [5.74, 6) is 5.24. The highest BCUT2D eigenvalue weighted by atomic mass is 35.5. The lowest BCUT2D eigenvalue weighted by Crippen LogP contribution is -2.25. The van der Waals surface area contributed by atoms with E-state index in [1.165, 1.54) is 0 Å². The minimum atomic E-state index is -0.240. The third kappa shape index (κ3) is 5.05. The quantitative estimate of drug-likeness (QED) is 0.844. The lowest BCUT2D eigenvalue weighted by Gasteiger charge is -2.22. The van der Waals surface area contributed by atoms with Gasteiger partial charge in [-0.25, -0.2) is 0 Å². The SMILES string of the molecule is O=C(CC1CCCCO1)Nc1ccc(Cl)cc1C#CCO. The van der Waals surface area contributed by atoms with E-state index >= 15 is 0 Å². The number of benzene rings is 1. The summed E-state index contributed by atoms with van der Waals surface area (Å²) in [5.41, 5.74) is 1.19. The molecule has 5 heteroatoms. The fraction of sp³-hybridized carbons (Fsp3) is 0.438. The van der Waals surface area contributed by atoms with Gasteiger partial charge in [0.15, 0.2) is 0 Å². The summed E-state index contributed by atoms with van der Waals surface area (Å²) in [6.07, 6.45) is 3.43. The van der Waals surface area contributed by atoms with Gasteiger partial charge in [-0.2, -0.15) is 0 Å². The fourth-order valence-corrected chi connectivity index (χ4v) is 2.41. The second kappa shape index (κ2) is 8.04. The van der Waals surface area contributed by atoms with Gasteiger partial charge in [0, 0.05) is 17.2 Å². The number of hydrogen-bond donors (Lipinski definition) is 2. The third-order valence-electron chi connectivity index (χ3n) is 3.24. The van der Waals surface area contributed by atoms with Gasteiger partial charge in [0.05, 0.1) is 18.2 Å². The molecular formula is C16H18ClNO3. The van der Waals surface area contributed by atoms with Crippen LogP contribution in [-0.4, -0.2) is 30.3 Å². The molecule has 2 N–H and O–H groups in total. The number of halogens is 1. The summed E-state index contributed by atoms with van der Waals surface area (Å²) in [6.45, 7) is 0.488. The Morgan fingerprint density at radius 2 is 2.33 bits per heavy atom. The first-order valence-corrected chi connectivity index (χ1v) is 7.37. The van der Waals surface area contributed by atoms with E-state index in [0.717, 1.165) is 25.9 Å². The Morgan fingerprint density at radius 1 is 1.48 bits per heavy atom. The largest absolute Gasteiger partial charge is 0.384 e. The molecule has 0 aliphatic carbocycles. The van der Waals surface area contributed by atoms with Gasteiger partial charge in [-0.3, -0.25) is 4.79 Å². The van der Waals surface area contributed by atoms with Crippen LogP contribution in [0.25, 0.3) is 0 Å². The molecule has 4 nitrogen and oxygen atoms in total. The van der Waals surface area contributed by atoms with Gasteiger partial charge in [0.1, 0.15) is 6.61 Å². The molecule has 1 fully saturated rings. The summed E-state index contributed by atoms with van der Waals surface area (Å²) in [7, 11) is 0. The van der Waals surface area contributed by atoms with Crippen LogP contribution in [0, 0.1) is 11.8 Å². The Kier molecular flexibility index (Phi) is 6.06. The van der Waals surface area contributed by atoms with Gasteiger partial charge in [-0.05, 0) is 37.5 Å². The first kappa shape index (κ1) is 15.8. The summed E-state index contributed by atoms with van der Waals surface area (Å²) < 4.78 is 5.56. The van der Waals surface area contributed by atoms with Crippen molar-refractivity contribution in [3.05, 3.63) is 28.8 Å². The molecule has 1 aliphatic rings. The van der Waals surface area contributed by atoms with Gasteiger partial charge >= 0.3 is 0 Å². The summed E-state index contributed by atoms with van der Waals surface area (Å²) in [4.78, 5) is 12.1. The highest BCUT2D eigenvalue weighted by Crippen LogP contribution is 2.21. The van der Waals surface area contributed by atoms with E-state index < -0.39 is 0 Å². The number of carbonyl (C=O) groups excluding carboxylic acids is 1. The van der Waals surface area contributed by atoms with Crippen LogP contribution in [0.4, 0.5) is 5.69 Å². The number of hydrogen-bond acceptors (Lipinski definition) is 3. The molecule has 112 valence electrons. The van der Waals surface area contributed by atoms with Crippen molar-refractivity contribution in [2.45, 2.75) is 31.8 Å². The second-order valence-electron chi connectivity index (χ2n) is 4.89. The van der Waals surface area contributed by atoms with Crippen LogP contribution in [0.5, 0.6) is 0 Å². The summed E-state index contributed by atoms with van der Waals surface area (Å²) >= 11 is 5.92. The minimum absolute atomic E-state index is 0.00183. The molecule has 0 bridgehead atoms. The minimum Gasteiger partial charge on any atom is -0.384 e. The van der Waals surface area contributed by atoms with E-state index in [4.69, 9.17) is 21.4 Å². The van der Waals surface area contributed by atoms with Crippen molar-refractivity contribution < 1.29 is 14.6 Å². The maximum absolute atomic E-state index is 12.1. The molecule has 1 atom stereocenters. The molecule has 1 aromatic carbocycles. The van der Waals surface area contributed by atoms with Crippen molar-refractivity contribution in [3.8, 4) is 11.8 Å². The maximum Gasteiger partial charge on any atom is 0.227 e. The molecule has 1 heterocycles. The van der Waals surface area contributed by atoms with Crippen molar-refractivity contribution in [3.63, 3.8) is 0 Å². The number of carbonyl (C=O) groups is 1. The summed E-state index contributed by atoms with van der Waals surface area (Å²) in [6, 6.07) is 5.07. The van der Waals surface area contributed by atoms with Gasteiger partial charge in [-0.15, -0.1) is 0 Å². The molecule has 1 unspecified atom stereocenters. The molecule has 2 rings (SSSR count). The van der Waals surface area contributed by atoms with E-state index in [1.54, 1.807) is 18.2 Å². The van der Waals surface area contributed by atoms with Crippen molar-refractivity contribution in [2.24, 2.45) is 0 Å². The predicted octanol–water partition coefficient (Wildman–Crippen LogP) is 2.58. The average Bonchev–Trinajstić information content (AvgIpc) is 2.48. The molecular weight excluding hydrogens is 290 g/mol. The van der Waals surface area contributed by atoms with E-state index in [2.05, 4.69) is 17.2 Å². The second-order valence-corrected chi connectivity index (χ2v) is 5.33. The zero-order valence-corrected chi connectivity index (χ0v) is 12.4. The number of ether oxygens (including phenoxy) is 1. The van der Waals surface area contributed by atoms with Gasteiger partial charge in [0.25, 0.3) is 0 Å². The first-order chi connectivity index (χ1) is 10.2. The van der Waals surface area contributed by atoms with Crippen LogP contribution >= 0.6 is 11.6 Å². The Balaban J connectivity index is 2.02. The van der Waals surface area contributed by atoms with Crippen molar-refractivity contribution in [1.82, 2.24) is 0 Å². The van der Waals surface area contributed by atoms with Gasteiger partial charge in [-0.1, -0.05) is 23.4 Å². The zero-order chi connectivity index (χ0) is 15.1. The Morgan fingerprint density at radius 3 is 3.05 bits per heavy atom. The maximum atomic E-state index is 12.1. The van der Waals surface area contributed by atoms with E-state index in [0.29, 0.717) is 22.7 Å². The van der Waals surface area contributed by atoms with Crippen LogP contribution < -0.4 is 5.32 Å². The normalized spacial score (nSPS) is 17.7. The van der Waals surface area contributed by atoms with Crippen LogP contribution in [0.1, 0.15) is 31.2 Å². The first-order valence-electron chi connectivity index (χ1n) is 7.00. The number of rotatable bonds is 3. The number of anilines is 1. The number of amides is 1. The topological polar surface area (TPSA) is 58.6 Å². The highest BCUT2D eigenvalue weighted by Gasteiger charge is 2.18. The molecule has 0 radical (unpaired) electrons. The molecule has 0 spiro atoms. The molecule has 0 aromatic heterocycles. The van der Waals surface area contributed by atoms with Crippen LogP contribution in [0.15, 0.2) is 18.2 Å². The van der Waals surface area contributed by atoms with Crippen LogP contribution in [0.3, 0.4) is 0 Å². The predicted molar refractivity (Wildman–Crippen MR) is 82.3 cm³/mol. The van der Waals surface area contributed by atoms with Gasteiger partial charge in [0.2, 0.25) is 5.91 Å². The Labute approximate surface area is 129 Å². The van der Waals surface area contributed by atoms with Crippen LogP contribution in [-0.2, 0) is 9.53 Å². The molecule has 0 saturated carbocycles. The van der Waals surface area contributed by atoms with Crippen molar-refractivity contribution >= 4 is 23.2 Å². The zero-order valence-electron chi connectivity index (χ0n) is 11.7. The molecule has 1 aromatic rings. The van der Waals surface area contributed by atoms with Crippen LogP contribution in [0.2, 0.25) is 5.02 Å². The lowest BCUT2D eigenvalue weighted by atomic mass is 10.1. The van der Waals surface area contributed by atoms with Crippen molar-refractivity contribution in [2.75, 3.05) is 18.5 Å². The van der Waals surface area contributed by atoms with E-state index in [9.17, 15) is 4.79 Å². The lowest BCUT2D eigenvalue weighted by molar-refractivity contribution is -0.119. The highest BCUT2D eigenvalue weighted by molar-refractivity contribution is 6.30. The monoisotopic (exact) mass is 307 g/mol. The Hall–Kier alpha value is -1.54. The Bertz CT molecular complexity index is 556. The average molecular weight is 308 g/mol. The number of aliphatic hydroxyl groups excluding tert-OH is 1. The molecule has 1 amide bonds. The summed E-state index contributed by atoms with van der Waals surface area (Å²) in [5, 5.41) is 12.1. The van der Waals surface area contributed by atoms with E-state index in [-0.39, 0.29) is 18.6 Å². The molecule has 1 aliphatic heterocycles. The standard InChI is InChI=1S/C16H18ClNO3/c17-13-6-7-15(12(10-13)4-3-8-19)18-16(20)11-14-5-1-2-9-21-14/h6-7,10,14,19H,1-2,5,8-9,11H2,(H,18,20). The number of nitrogens with one attached hydrogen (secondary N) is 1. The van der Waals surface area contributed by atoms with Gasteiger partial charge < -0.3 is 15.2 Å². The third-order valence-corrected chi connectivity index (χ3v) is 3.48. The van der Waals surface area contributed by atoms with E-state index in [1.807, 2.05) is 0 Å². The molecule has 21 heavy (non-hydrogen) atoms. The molecule has 1 saturated heterocycles. The fourth-order valence-electron chi connectivity index (χ4n) is 2.24.